The number of rotatable bonds is 5. The number of carbonyl (C=O) groups is 1. The molecule has 5 nitrogen and oxygen atoms in total. The lowest BCUT2D eigenvalue weighted by molar-refractivity contribution is 0.0716. The summed E-state index contributed by atoms with van der Waals surface area (Å²) in [5.41, 5.74) is 4.32. The fourth-order valence-electron chi connectivity index (χ4n) is 4.38. The summed E-state index contributed by atoms with van der Waals surface area (Å²) < 4.78 is 7.53. The number of benzene rings is 2. The molecule has 5 rings (SSSR count). The van der Waals surface area contributed by atoms with Crippen molar-refractivity contribution in [2.45, 2.75) is 32.4 Å². The smallest absolute Gasteiger partial charge is 0.255 e. The van der Waals surface area contributed by atoms with Gasteiger partial charge in [0.15, 0.2) is 0 Å². The van der Waals surface area contributed by atoms with Gasteiger partial charge >= 0.3 is 0 Å². The number of nitrogens with zero attached hydrogens (tertiary/aromatic N) is 3. The number of amides is 1. The number of hydrogen-bond acceptors (Lipinski definition) is 3. The molecule has 29 heavy (non-hydrogen) atoms. The topological polar surface area (TPSA) is 51.3 Å². The Morgan fingerprint density at radius 2 is 1.93 bits per heavy atom. The molecule has 5 heteroatoms. The second-order valence-corrected chi connectivity index (χ2v) is 7.62. The monoisotopic (exact) mass is 385 g/mol. The highest BCUT2D eigenvalue weighted by Gasteiger charge is 2.26. The lowest BCUT2D eigenvalue weighted by atomic mass is 10.0. The van der Waals surface area contributed by atoms with Crippen LogP contribution < -0.4 is 0 Å². The molecule has 4 aromatic rings. The van der Waals surface area contributed by atoms with Crippen LogP contribution in [-0.2, 0) is 33.0 Å². The second kappa shape index (κ2) is 7.24. The van der Waals surface area contributed by atoms with Gasteiger partial charge in [0, 0.05) is 18.3 Å². The molecular weight excluding hydrogens is 362 g/mol. The normalized spacial score (nSPS) is 13.0. The minimum atomic E-state index is -0.00407. The van der Waals surface area contributed by atoms with Crippen LogP contribution in [0.1, 0.15) is 39.5 Å². The SMILES string of the molecule is Cn1nc(CN(Cc2ccco2)C(=O)c2cccc3ccccc23)c2c1CCC2. The molecule has 0 spiro atoms. The Morgan fingerprint density at radius 3 is 2.79 bits per heavy atom. The minimum Gasteiger partial charge on any atom is -0.467 e. The zero-order chi connectivity index (χ0) is 19.8. The van der Waals surface area contributed by atoms with Gasteiger partial charge in [-0.1, -0.05) is 36.4 Å². The summed E-state index contributed by atoms with van der Waals surface area (Å²) in [5.74, 6) is 0.766. The van der Waals surface area contributed by atoms with Crippen LogP contribution in [0.15, 0.2) is 65.3 Å². The van der Waals surface area contributed by atoms with Crippen LogP contribution >= 0.6 is 0 Å². The van der Waals surface area contributed by atoms with Crippen molar-refractivity contribution in [1.82, 2.24) is 14.7 Å². The number of aryl methyl sites for hydroxylation is 1. The van der Waals surface area contributed by atoms with Gasteiger partial charge in [0.2, 0.25) is 0 Å². The van der Waals surface area contributed by atoms with E-state index in [9.17, 15) is 4.79 Å². The Balaban J connectivity index is 1.53. The number of aromatic nitrogens is 2. The lowest BCUT2D eigenvalue weighted by Crippen LogP contribution is -2.30. The van der Waals surface area contributed by atoms with Crippen LogP contribution in [0.25, 0.3) is 10.8 Å². The van der Waals surface area contributed by atoms with E-state index in [4.69, 9.17) is 9.52 Å². The number of hydrogen-bond donors (Lipinski definition) is 0. The van der Waals surface area contributed by atoms with E-state index in [0.717, 1.165) is 41.5 Å². The highest BCUT2D eigenvalue weighted by atomic mass is 16.3. The first-order chi connectivity index (χ1) is 14.2. The summed E-state index contributed by atoms with van der Waals surface area (Å²) in [4.78, 5) is 15.5. The van der Waals surface area contributed by atoms with Gasteiger partial charge in [0.1, 0.15) is 5.76 Å². The quantitative estimate of drug-likeness (QED) is 0.508. The van der Waals surface area contributed by atoms with E-state index < -0.39 is 0 Å². The molecule has 0 bridgehead atoms. The van der Waals surface area contributed by atoms with Crippen LogP contribution in [-0.4, -0.2) is 20.6 Å². The highest BCUT2D eigenvalue weighted by molar-refractivity contribution is 6.06. The predicted octanol–water partition coefficient (Wildman–Crippen LogP) is 4.50. The van der Waals surface area contributed by atoms with Crippen molar-refractivity contribution in [3.63, 3.8) is 0 Å². The van der Waals surface area contributed by atoms with Crippen LogP contribution in [0.4, 0.5) is 0 Å². The van der Waals surface area contributed by atoms with Crippen molar-refractivity contribution < 1.29 is 9.21 Å². The summed E-state index contributed by atoms with van der Waals surface area (Å²) in [6.45, 7) is 0.895. The van der Waals surface area contributed by atoms with Crippen molar-refractivity contribution in [3.05, 3.63) is 89.1 Å². The van der Waals surface area contributed by atoms with E-state index in [0.29, 0.717) is 18.7 Å². The molecule has 1 aliphatic carbocycles. The summed E-state index contributed by atoms with van der Waals surface area (Å²) in [5, 5.41) is 6.76. The molecule has 0 N–H and O–H groups in total. The molecule has 146 valence electrons. The zero-order valence-corrected chi connectivity index (χ0v) is 16.5. The Hall–Kier alpha value is -3.34. The predicted molar refractivity (Wildman–Crippen MR) is 111 cm³/mol. The van der Waals surface area contributed by atoms with Gasteiger partial charge in [-0.05, 0) is 53.8 Å². The average molecular weight is 385 g/mol. The molecule has 0 saturated carbocycles. The molecule has 2 aromatic heterocycles. The minimum absolute atomic E-state index is 0.00407. The Kier molecular flexibility index (Phi) is 4.43. The first-order valence-corrected chi connectivity index (χ1v) is 10.0. The third kappa shape index (κ3) is 3.23. The molecule has 1 amide bonds. The van der Waals surface area contributed by atoms with Gasteiger partial charge in [0.25, 0.3) is 5.91 Å². The Morgan fingerprint density at radius 1 is 1.07 bits per heavy atom. The molecular formula is C24H23N3O2. The summed E-state index contributed by atoms with van der Waals surface area (Å²) >= 11 is 0. The van der Waals surface area contributed by atoms with Crippen LogP contribution in [0.5, 0.6) is 0 Å². The van der Waals surface area contributed by atoms with E-state index in [1.54, 1.807) is 6.26 Å². The first kappa shape index (κ1) is 17.7. The van der Waals surface area contributed by atoms with Gasteiger partial charge in [-0.25, -0.2) is 0 Å². The van der Waals surface area contributed by atoms with Gasteiger partial charge < -0.3 is 9.32 Å². The van der Waals surface area contributed by atoms with E-state index in [1.807, 2.05) is 71.2 Å². The largest absolute Gasteiger partial charge is 0.467 e. The fraction of sp³-hybridized carbons (Fsp3) is 0.250. The third-order valence-corrected chi connectivity index (χ3v) is 5.77. The maximum Gasteiger partial charge on any atom is 0.255 e. The summed E-state index contributed by atoms with van der Waals surface area (Å²) in [7, 11) is 2.00. The van der Waals surface area contributed by atoms with Gasteiger partial charge in [-0.2, -0.15) is 5.10 Å². The first-order valence-electron chi connectivity index (χ1n) is 10.0. The van der Waals surface area contributed by atoms with Crippen molar-refractivity contribution in [2.75, 3.05) is 0 Å². The van der Waals surface area contributed by atoms with E-state index in [2.05, 4.69) is 0 Å². The second-order valence-electron chi connectivity index (χ2n) is 7.62. The number of carbonyl (C=O) groups excluding carboxylic acids is 1. The van der Waals surface area contributed by atoms with E-state index >= 15 is 0 Å². The molecule has 2 aromatic carbocycles. The molecule has 0 aliphatic heterocycles. The van der Waals surface area contributed by atoms with Crippen LogP contribution in [0, 0.1) is 0 Å². The number of fused-ring (bicyclic) bond motifs is 2. The van der Waals surface area contributed by atoms with Crippen molar-refractivity contribution >= 4 is 16.7 Å². The average Bonchev–Trinajstić information content (AvgIpc) is 3.48. The Bertz CT molecular complexity index is 1170. The van der Waals surface area contributed by atoms with Crippen LogP contribution in [0.3, 0.4) is 0 Å². The summed E-state index contributed by atoms with van der Waals surface area (Å²) in [6.07, 6.45) is 4.90. The zero-order valence-electron chi connectivity index (χ0n) is 16.5. The summed E-state index contributed by atoms with van der Waals surface area (Å²) in [6, 6.07) is 17.7. The molecule has 0 saturated heterocycles. The maximum absolute atomic E-state index is 13.6. The third-order valence-electron chi connectivity index (χ3n) is 5.77. The van der Waals surface area contributed by atoms with E-state index in [-0.39, 0.29) is 5.91 Å². The highest BCUT2D eigenvalue weighted by Crippen LogP contribution is 2.27. The fourth-order valence-corrected chi connectivity index (χ4v) is 4.38. The van der Waals surface area contributed by atoms with Crippen LogP contribution in [0.2, 0.25) is 0 Å². The molecule has 0 fully saturated rings. The molecule has 0 unspecified atom stereocenters. The van der Waals surface area contributed by atoms with Crippen molar-refractivity contribution in [2.24, 2.45) is 7.05 Å². The van der Waals surface area contributed by atoms with Gasteiger partial charge in [0.05, 0.1) is 25.0 Å². The molecule has 0 radical (unpaired) electrons. The number of furan rings is 1. The lowest BCUT2D eigenvalue weighted by Gasteiger charge is -2.22. The van der Waals surface area contributed by atoms with Gasteiger partial charge in [-0.3, -0.25) is 9.48 Å². The van der Waals surface area contributed by atoms with Crippen molar-refractivity contribution in [1.29, 1.82) is 0 Å². The molecule has 2 heterocycles. The van der Waals surface area contributed by atoms with Gasteiger partial charge in [-0.15, -0.1) is 0 Å². The maximum atomic E-state index is 13.6. The molecule has 1 aliphatic rings. The van der Waals surface area contributed by atoms with E-state index in [1.165, 1.54) is 11.3 Å². The van der Waals surface area contributed by atoms with Crippen molar-refractivity contribution in [3.8, 4) is 0 Å². The molecule has 0 atom stereocenters. The standard InChI is InChI=1S/C24H23N3O2/c1-26-23-13-5-12-21(23)22(25-26)16-27(15-18-9-6-14-29-18)24(28)20-11-4-8-17-7-2-3-10-19(17)20/h2-4,6-11,14H,5,12-13,15-16H2,1H3. The Labute approximate surface area is 169 Å².